The van der Waals surface area contributed by atoms with E-state index in [1.807, 2.05) is 13.1 Å². The Balaban J connectivity index is 2.16. The molecule has 112 valence electrons. The van der Waals surface area contributed by atoms with Crippen molar-refractivity contribution in [2.45, 2.75) is 25.8 Å². The van der Waals surface area contributed by atoms with E-state index in [1.54, 1.807) is 13.2 Å². The van der Waals surface area contributed by atoms with Crippen LogP contribution in [0.3, 0.4) is 0 Å². The number of halogens is 1. The molecule has 0 amide bonds. The third kappa shape index (κ3) is 3.30. The molecule has 1 aliphatic heterocycles. The van der Waals surface area contributed by atoms with E-state index < -0.39 is 0 Å². The van der Waals surface area contributed by atoms with Gasteiger partial charge in [0.05, 0.1) is 7.11 Å². The molecule has 2 atom stereocenters. The number of likely N-dealkylation sites (tertiary alicyclic amines) is 1. The molecule has 0 spiro atoms. The molecule has 0 saturated carbocycles. The molecule has 1 fully saturated rings. The predicted molar refractivity (Wildman–Crippen MR) is 79.6 cm³/mol. The minimum absolute atomic E-state index is 0.0470. The van der Waals surface area contributed by atoms with Gasteiger partial charge in [-0.25, -0.2) is 4.39 Å². The van der Waals surface area contributed by atoms with E-state index in [0.29, 0.717) is 17.2 Å². The maximum absolute atomic E-state index is 14.2. The zero-order valence-electron chi connectivity index (χ0n) is 12.7. The molecular weight excluding hydrogens is 255 g/mol. The van der Waals surface area contributed by atoms with Gasteiger partial charge in [0.25, 0.3) is 0 Å². The van der Waals surface area contributed by atoms with Crippen LogP contribution in [0.5, 0.6) is 5.75 Å². The highest BCUT2D eigenvalue weighted by Crippen LogP contribution is 2.33. The van der Waals surface area contributed by atoms with Crippen molar-refractivity contribution in [3.8, 4) is 5.75 Å². The number of nitrogens with zero attached hydrogens (tertiary/aromatic N) is 1. The van der Waals surface area contributed by atoms with Crippen molar-refractivity contribution in [3.63, 3.8) is 0 Å². The van der Waals surface area contributed by atoms with Gasteiger partial charge in [-0.2, -0.15) is 0 Å². The molecule has 1 saturated heterocycles. The number of hydrogen-bond donors (Lipinski definition) is 1. The molecule has 2 rings (SSSR count). The number of hydrogen-bond acceptors (Lipinski definition) is 3. The fourth-order valence-corrected chi connectivity index (χ4v) is 3.19. The predicted octanol–water partition coefficient (Wildman–Crippen LogP) is 2.83. The second kappa shape index (κ2) is 7.04. The van der Waals surface area contributed by atoms with E-state index in [0.717, 1.165) is 19.6 Å². The summed E-state index contributed by atoms with van der Waals surface area (Å²) in [5.74, 6) is 1.12. The third-order valence-electron chi connectivity index (χ3n) is 4.24. The first-order chi connectivity index (χ1) is 9.67. The molecule has 0 aliphatic carbocycles. The van der Waals surface area contributed by atoms with Gasteiger partial charge >= 0.3 is 0 Å². The van der Waals surface area contributed by atoms with Crippen LogP contribution in [0, 0.1) is 11.7 Å². The molecule has 1 aliphatic rings. The van der Waals surface area contributed by atoms with Gasteiger partial charge in [0.2, 0.25) is 0 Å². The molecule has 1 N–H and O–H groups in total. The largest absolute Gasteiger partial charge is 0.496 e. The summed E-state index contributed by atoms with van der Waals surface area (Å²) in [4.78, 5) is 2.37. The quantitative estimate of drug-likeness (QED) is 0.897. The maximum atomic E-state index is 14.2. The van der Waals surface area contributed by atoms with Crippen LogP contribution in [0.25, 0.3) is 0 Å². The van der Waals surface area contributed by atoms with Crippen LogP contribution < -0.4 is 10.1 Å². The Kier molecular flexibility index (Phi) is 5.38. The van der Waals surface area contributed by atoms with Crippen molar-refractivity contribution in [1.29, 1.82) is 0 Å². The summed E-state index contributed by atoms with van der Waals surface area (Å²) in [7, 11) is 3.59. The highest BCUT2D eigenvalue weighted by molar-refractivity contribution is 5.37. The van der Waals surface area contributed by atoms with Gasteiger partial charge in [-0.05, 0) is 58.0 Å². The summed E-state index contributed by atoms with van der Waals surface area (Å²) >= 11 is 0. The number of rotatable bonds is 5. The molecule has 20 heavy (non-hydrogen) atoms. The zero-order chi connectivity index (χ0) is 14.5. The first-order valence-electron chi connectivity index (χ1n) is 7.38. The highest BCUT2D eigenvalue weighted by Gasteiger charge is 2.27. The molecule has 1 aromatic rings. The van der Waals surface area contributed by atoms with Crippen molar-refractivity contribution >= 4 is 0 Å². The van der Waals surface area contributed by atoms with Crippen molar-refractivity contribution in [2.75, 3.05) is 33.8 Å². The smallest absolute Gasteiger partial charge is 0.131 e. The molecular formula is C16H25FN2O. The lowest BCUT2D eigenvalue weighted by molar-refractivity contribution is 0.127. The molecule has 0 aromatic heterocycles. The van der Waals surface area contributed by atoms with Crippen LogP contribution in [-0.4, -0.2) is 38.7 Å². The summed E-state index contributed by atoms with van der Waals surface area (Å²) in [5.41, 5.74) is 0.681. The Labute approximate surface area is 121 Å². The lowest BCUT2D eigenvalue weighted by Crippen LogP contribution is -2.40. The summed E-state index contributed by atoms with van der Waals surface area (Å²) in [5, 5.41) is 3.25. The monoisotopic (exact) mass is 280 g/mol. The van der Waals surface area contributed by atoms with Crippen molar-refractivity contribution in [2.24, 2.45) is 5.92 Å². The lowest BCUT2D eigenvalue weighted by Gasteiger charge is -2.37. The lowest BCUT2D eigenvalue weighted by atomic mass is 9.95. The SMILES string of the molecule is CNCC1CCCN(C(C)c2c(F)cccc2OC)C1. The molecule has 4 heteroatoms. The third-order valence-corrected chi connectivity index (χ3v) is 4.24. The van der Waals surface area contributed by atoms with E-state index in [-0.39, 0.29) is 11.9 Å². The Bertz CT molecular complexity index is 436. The average molecular weight is 280 g/mol. The second-order valence-electron chi connectivity index (χ2n) is 5.59. The minimum atomic E-state index is -0.174. The Morgan fingerprint density at radius 3 is 3.00 bits per heavy atom. The fraction of sp³-hybridized carbons (Fsp3) is 0.625. The van der Waals surface area contributed by atoms with Crippen LogP contribution in [0.15, 0.2) is 18.2 Å². The van der Waals surface area contributed by atoms with Gasteiger partial charge in [0.15, 0.2) is 0 Å². The highest BCUT2D eigenvalue weighted by atomic mass is 19.1. The number of methoxy groups -OCH3 is 1. The molecule has 3 nitrogen and oxygen atoms in total. The van der Waals surface area contributed by atoms with Crippen molar-refractivity contribution in [3.05, 3.63) is 29.6 Å². The summed E-state index contributed by atoms with van der Waals surface area (Å²) < 4.78 is 19.5. The van der Waals surface area contributed by atoms with E-state index in [4.69, 9.17) is 4.74 Å². The normalized spacial score (nSPS) is 21.7. The number of nitrogens with one attached hydrogen (secondary N) is 1. The summed E-state index contributed by atoms with van der Waals surface area (Å²) in [6.45, 7) is 5.14. The minimum Gasteiger partial charge on any atom is -0.496 e. The first-order valence-corrected chi connectivity index (χ1v) is 7.38. The van der Waals surface area contributed by atoms with Gasteiger partial charge in [0.1, 0.15) is 11.6 Å². The zero-order valence-corrected chi connectivity index (χ0v) is 12.7. The Morgan fingerprint density at radius 2 is 2.30 bits per heavy atom. The van der Waals surface area contributed by atoms with E-state index >= 15 is 0 Å². The Hall–Kier alpha value is -1.13. The molecule has 1 aromatic carbocycles. The van der Waals surface area contributed by atoms with Crippen LogP contribution in [0.1, 0.15) is 31.4 Å². The van der Waals surface area contributed by atoms with Crippen molar-refractivity contribution in [1.82, 2.24) is 10.2 Å². The number of ether oxygens (including phenoxy) is 1. The average Bonchev–Trinajstić information content (AvgIpc) is 2.47. The van der Waals surface area contributed by atoms with Crippen LogP contribution in [0.4, 0.5) is 4.39 Å². The number of benzene rings is 1. The second-order valence-corrected chi connectivity index (χ2v) is 5.59. The molecule has 0 radical (unpaired) electrons. The van der Waals surface area contributed by atoms with Gasteiger partial charge in [-0.15, -0.1) is 0 Å². The van der Waals surface area contributed by atoms with Gasteiger partial charge in [0, 0.05) is 18.2 Å². The van der Waals surface area contributed by atoms with Gasteiger partial charge in [-0.1, -0.05) is 6.07 Å². The van der Waals surface area contributed by atoms with Crippen LogP contribution >= 0.6 is 0 Å². The van der Waals surface area contributed by atoms with E-state index in [1.165, 1.54) is 18.9 Å². The topological polar surface area (TPSA) is 24.5 Å². The van der Waals surface area contributed by atoms with Crippen LogP contribution in [0.2, 0.25) is 0 Å². The van der Waals surface area contributed by atoms with Crippen molar-refractivity contribution < 1.29 is 9.13 Å². The van der Waals surface area contributed by atoms with Gasteiger partial charge < -0.3 is 10.1 Å². The number of piperidine rings is 1. The standard InChI is InChI=1S/C16H25FN2O/c1-12(16-14(17)7-4-8-15(16)20-3)19-9-5-6-13(11-19)10-18-2/h4,7-8,12-13,18H,5-6,9-11H2,1-3H3. The summed E-state index contributed by atoms with van der Waals surface area (Å²) in [6, 6.07) is 5.10. The maximum Gasteiger partial charge on any atom is 0.131 e. The van der Waals surface area contributed by atoms with E-state index in [9.17, 15) is 4.39 Å². The first kappa shape index (κ1) is 15.3. The van der Waals surface area contributed by atoms with Crippen LogP contribution in [-0.2, 0) is 0 Å². The van der Waals surface area contributed by atoms with E-state index in [2.05, 4.69) is 17.1 Å². The molecule has 1 heterocycles. The fourth-order valence-electron chi connectivity index (χ4n) is 3.19. The molecule has 0 bridgehead atoms. The Morgan fingerprint density at radius 1 is 1.50 bits per heavy atom. The summed E-state index contributed by atoms with van der Waals surface area (Å²) in [6.07, 6.45) is 2.42. The van der Waals surface area contributed by atoms with Gasteiger partial charge in [-0.3, -0.25) is 4.90 Å². The molecule has 2 unspecified atom stereocenters.